The van der Waals surface area contributed by atoms with Crippen molar-refractivity contribution in [2.24, 2.45) is 0 Å². The zero-order valence-electron chi connectivity index (χ0n) is 15.2. The molecule has 0 spiro atoms. The first-order valence-corrected chi connectivity index (χ1v) is 9.08. The Labute approximate surface area is 153 Å². The number of hydrogen-bond acceptors (Lipinski definition) is 4. The Morgan fingerprint density at radius 3 is 2.73 bits per heavy atom. The lowest BCUT2D eigenvalue weighted by Gasteiger charge is -2.44. The number of fused-ring (bicyclic) bond motifs is 1. The maximum Gasteiger partial charge on any atom is 0.257 e. The maximum atomic E-state index is 12.8. The van der Waals surface area contributed by atoms with Crippen LogP contribution in [-0.4, -0.2) is 37.2 Å². The molecule has 26 heavy (non-hydrogen) atoms. The summed E-state index contributed by atoms with van der Waals surface area (Å²) in [4.78, 5) is 14.5. The van der Waals surface area contributed by atoms with E-state index in [4.69, 9.17) is 9.47 Å². The van der Waals surface area contributed by atoms with Crippen LogP contribution in [-0.2, 0) is 10.4 Å². The van der Waals surface area contributed by atoms with Crippen molar-refractivity contribution >= 4 is 11.6 Å². The highest BCUT2D eigenvalue weighted by Gasteiger charge is 2.40. The second kappa shape index (κ2) is 6.65. The number of ether oxygens (including phenoxy) is 2. The molecule has 5 heteroatoms. The molecule has 0 saturated carbocycles. The fourth-order valence-corrected chi connectivity index (χ4v) is 3.61. The van der Waals surface area contributed by atoms with Crippen molar-refractivity contribution < 1.29 is 14.3 Å². The minimum atomic E-state index is -0.613. The second-order valence-corrected chi connectivity index (χ2v) is 7.08. The van der Waals surface area contributed by atoms with Gasteiger partial charge in [0.05, 0.1) is 11.7 Å². The van der Waals surface area contributed by atoms with E-state index in [-0.39, 0.29) is 12.0 Å². The molecule has 0 radical (unpaired) electrons. The third-order valence-corrected chi connectivity index (χ3v) is 5.39. The molecule has 5 nitrogen and oxygen atoms in total. The Morgan fingerprint density at radius 1 is 1.23 bits per heavy atom. The van der Waals surface area contributed by atoms with Gasteiger partial charge in [-0.05, 0) is 49.6 Å². The van der Waals surface area contributed by atoms with Crippen molar-refractivity contribution in [3.05, 3.63) is 59.7 Å². The Bertz CT molecular complexity index is 799. The Kier molecular flexibility index (Phi) is 4.32. The Hall–Kier alpha value is -2.53. The Balaban J connectivity index is 1.53. The van der Waals surface area contributed by atoms with E-state index >= 15 is 0 Å². The third-order valence-electron chi connectivity index (χ3n) is 5.39. The van der Waals surface area contributed by atoms with E-state index in [1.807, 2.05) is 62.5 Å². The van der Waals surface area contributed by atoms with Gasteiger partial charge in [-0.1, -0.05) is 24.3 Å². The van der Waals surface area contributed by atoms with Crippen LogP contribution in [0.4, 0.5) is 5.69 Å². The molecule has 0 aliphatic carbocycles. The number of para-hydroxylation sites is 1. The molecular formula is C21H24N2O3. The summed E-state index contributed by atoms with van der Waals surface area (Å²) in [7, 11) is 1.83. The zero-order chi connectivity index (χ0) is 18.1. The van der Waals surface area contributed by atoms with Gasteiger partial charge in [-0.3, -0.25) is 4.79 Å². The van der Waals surface area contributed by atoms with Gasteiger partial charge < -0.3 is 19.7 Å². The summed E-state index contributed by atoms with van der Waals surface area (Å²) in [5, 5.41) is 3.51. The predicted molar refractivity (Wildman–Crippen MR) is 100 cm³/mol. The highest BCUT2D eigenvalue weighted by molar-refractivity contribution is 6.02. The first-order chi connectivity index (χ1) is 12.6. The standard InChI is InChI=1S/C21H24N2O3/c1-21(22-19-8-4-3-7-18(19)20(24)23(21)2)15-9-11-16(12-10-15)26-14-17-6-5-13-25-17/h3-4,7-12,17,22H,5-6,13-14H2,1-2H3. The highest BCUT2D eigenvalue weighted by Crippen LogP contribution is 2.37. The van der Waals surface area contributed by atoms with Crippen LogP contribution in [0.1, 0.15) is 35.7 Å². The number of benzene rings is 2. The number of rotatable bonds is 4. The molecule has 0 aromatic heterocycles. The quantitative estimate of drug-likeness (QED) is 0.913. The van der Waals surface area contributed by atoms with E-state index in [1.54, 1.807) is 4.90 Å². The molecule has 4 rings (SSSR count). The number of nitrogens with zero attached hydrogens (tertiary/aromatic N) is 1. The number of nitrogens with one attached hydrogen (secondary N) is 1. The number of hydrogen-bond donors (Lipinski definition) is 1. The molecule has 1 fully saturated rings. The van der Waals surface area contributed by atoms with E-state index in [0.29, 0.717) is 12.2 Å². The van der Waals surface area contributed by atoms with Gasteiger partial charge in [-0.2, -0.15) is 0 Å². The number of carbonyl (C=O) groups is 1. The van der Waals surface area contributed by atoms with Crippen LogP contribution in [0.15, 0.2) is 48.5 Å². The third kappa shape index (κ3) is 2.92. The fraction of sp³-hybridized carbons (Fsp3) is 0.381. The topological polar surface area (TPSA) is 50.8 Å². The Morgan fingerprint density at radius 2 is 2.00 bits per heavy atom. The lowest BCUT2D eigenvalue weighted by atomic mass is 9.94. The molecule has 0 bridgehead atoms. The largest absolute Gasteiger partial charge is 0.491 e. The molecule has 2 aliphatic heterocycles. The minimum absolute atomic E-state index is 0.0144. The summed E-state index contributed by atoms with van der Waals surface area (Å²) in [6.45, 7) is 3.43. The molecule has 2 unspecified atom stereocenters. The van der Waals surface area contributed by atoms with Crippen LogP contribution < -0.4 is 10.1 Å². The molecule has 2 aliphatic rings. The van der Waals surface area contributed by atoms with E-state index in [0.717, 1.165) is 36.4 Å². The minimum Gasteiger partial charge on any atom is -0.491 e. The van der Waals surface area contributed by atoms with Crippen molar-refractivity contribution in [3.8, 4) is 5.75 Å². The zero-order valence-corrected chi connectivity index (χ0v) is 15.2. The smallest absolute Gasteiger partial charge is 0.257 e. The average molecular weight is 352 g/mol. The van der Waals surface area contributed by atoms with Crippen molar-refractivity contribution in [1.82, 2.24) is 4.90 Å². The van der Waals surface area contributed by atoms with Gasteiger partial charge in [-0.15, -0.1) is 0 Å². The lowest BCUT2D eigenvalue weighted by molar-refractivity contribution is 0.0614. The van der Waals surface area contributed by atoms with Gasteiger partial charge in [0, 0.05) is 19.3 Å². The molecule has 2 aromatic carbocycles. The molecular weight excluding hydrogens is 328 g/mol. The van der Waals surface area contributed by atoms with Crippen LogP contribution in [0, 0.1) is 0 Å². The van der Waals surface area contributed by atoms with Crippen molar-refractivity contribution in [1.29, 1.82) is 0 Å². The molecule has 1 amide bonds. The first-order valence-electron chi connectivity index (χ1n) is 9.08. The summed E-state index contributed by atoms with van der Waals surface area (Å²) >= 11 is 0. The predicted octanol–water partition coefficient (Wildman–Crippen LogP) is 3.61. The van der Waals surface area contributed by atoms with Gasteiger partial charge in [0.15, 0.2) is 0 Å². The fourth-order valence-electron chi connectivity index (χ4n) is 3.61. The van der Waals surface area contributed by atoms with Gasteiger partial charge in [-0.25, -0.2) is 0 Å². The highest BCUT2D eigenvalue weighted by atomic mass is 16.5. The molecule has 2 aromatic rings. The summed E-state index contributed by atoms with van der Waals surface area (Å²) in [5.74, 6) is 0.832. The van der Waals surface area contributed by atoms with Gasteiger partial charge in [0.1, 0.15) is 18.0 Å². The van der Waals surface area contributed by atoms with E-state index in [2.05, 4.69) is 5.32 Å². The number of carbonyl (C=O) groups excluding carboxylic acids is 1. The summed E-state index contributed by atoms with van der Waals surface area (Å²) in [5.41, 5.74) is 1.95. The van der Waals surface area contributed by atoms with Crippen LogP contribution in [0.2, 0.25) is 0 Å². The van der Waals surface area contributed by atoms with E-state index in [1.165, 1.54) is 0 Å². The van der Waals surface area contributed by atoms with Crippen LogP contribution in [0.25, 0.3) is 0 Å². The van der Waals surface area contributed by atoms with Gasteiger partial charge >= 0.3 is 0 Å². The molecule has 1 saturated heterocycles. The van der Waals surface area contributed by atoms with Crippen molar-refractivity contribution in [2.75, 3.05) is 25.6 Å². The normalized spacial score (nSPS) is 24.9. The van der Waals surface area contributed by atoms with Crippen molar-refractivity contribution in [3.63, 3.8) is 0 Å². The molecule has 2 heterocycles. The van der Waals surface area contributed by atoms with Crippen LogP contribution in [0.5, 0.6) is 5.75 Å². The second-order valence-electron chi connectivity index (χ2n) is 7.08. The first kappa shape index (κ1) is 16.9. The van der Waals surface area contributed by atoms with E-state index < -0.39 is 5.66 Å². The van der Waals surface area contributed by atoms with Crippen LogP contribution >= 0.6 is 0 Å². The average Bonchev–Trinajstić information content (AvgIpc) is 3.19. The summed E-state index contributed by atoms with van der Waals surface area (Å²) < 4.78 is 11.4. The molecule has 2 atom stereocenters. The van der Waals surface area contributed by atoms with E-state index in [9.17, 15) is 4.79 Å². The number of amides is 1. The van der Waals surface area contributed by atoms with Crippen LogP contribution in [0.3, 0.4) is 0 Å². The maximum absolute atomic E-state index is 12.8. The molecule has 1 N–H and O–H groups in total. The lowest BCUT2D eigenvalue weighted by Crippen LogP contribution is -2.53. The SMILES string of the molecule is CN1C(=O)c2ccccc2NC1(C)c1ccc(OCC2CCCO2)cc1. The van der Waals surface area contributed by atoms with Gasteiger partial charge in [0.2, 0.25) is 0 Å². The summed E-state index contributed by atoms with van der Waals surface area (Å²) in [6.07, 6.45) is 2.37. The number of anilines is 1. The monoisotopic (exact) mass is 352 g/mol. The van der Waals surface area contributed by atoms with Crippen molar-refractivity contribution in [2.45, 2.75) is 31.5 Å². The molecule has 136 valence electrons. The van der Waals surface area contributed by atoms with Gasteiger partial charge in [0.25, 0.3) is 5.91 Å². The summed E-state index contributed by atoms with van der Waals surface area (Å²) in [6, 6.07) is 15.5.